The van der Waals surface area contributed by atoms with Crippen molar-refractivity contribution >= 4 is 11.8 Å². The van der Waals surface area contributed by atoms with E-state index in [1.165, 1.54) is 11.1 Å². The Labute approximate surface area is 91.4 Å². The fourth-order valence-corrected chi connectivity index (χ4v) is 1.79. The molecule has 1 aliphatic rings. The van der Waals surface area contributed by atoms with Gasteiger partial charge in [0.1, 0.15) is 0 Å². The second kappa shape index (κ2) is 3.30. The summed E-state index contributed by atoms with van der Waals surface area (Å²) in [7, 11) is 0. The molecule has 1 aromatic rings. The molecule has 0 aliphatic carbocycles. The Bertz CT molecular complexity index is 399. The molecular weight excluding hydrogens is 184 g/mol. The molecule has 0 radical (unpaired) electrons. The number of anilines is 1. The molecule has 0 bridgehead atoms. The highest BCUT2D eigenvalue weighted by atomic mass is 15.2. The molecule has 1 aliphatic heterocycles. The molecule has 0 fully saturated rings. The van der Waals surface area contributed by atoms with E-state index < -0.39 is 0 Å². The van der Waals surface area contributed by atoms with Gasteiger partial charge in [-0.3, -0.25) is 0 Å². The van der Waals surface area contributed by atoms with Crippen LogP contribution in [0.1, 0.15) is 31.9 Å². The van der Waals surface area contributed by atoms with Crippen molar-refractivity contribution in [1.29, 1.82) is 0 Å². The van der Waals surface area contributed by atoms with Crippen LogP contribution in [-0.4, -0.2) is 10.4 Å². The van der Waals surface area contributed by atoms with E-state index >= 15 is 0 Å². The number of hydrogen-bond acceptors (Lipinski definition) is 2. The molecule has 0 amide bonds. The van der Waals surface area contributed by atoms with Gasteiger partial charge in [-0.25, -0.2) is 0 Å². The summed E-state index contributed by atoms with van der Waals surface area (Å²) >= 11 is 0. The molecule has 0 saturated heterocycles. The first-order chi connectivity index (χ1) is 6.97. The maximum Gasteiger partial charge on any atom is 0.0436 e. The molecule has 15 heavy (non-hydrogen) atoms. The first-order valence-corrected chi connectivity index (χ1v) is 5.30. The molecule has 2 rings (SSSR count). The summed E-state index contributed by atoms with van der Waals surface area (Å²) < 4.78 is 0. The lowest BCUT2D eigenvalue weighted by molar-refractivity contribution is 0.197. The van der Waals surface area contributed by atoms with Crippen molar-refractivity contribution in [2.45, 2.75) is 32.9 Å². The topological polar surface area (TPSA) is 29.3 Å². The zero-order valence-electron chi connectivity index (χ0n) is 9.62. The lowest BCUT2D eigenvalue weighted by Gasteiger charge is -2.37. The fourth-order valence-electron chi connectivity index (χ4n) is 1.79. The van der Waals surface area contributed by atoms with Gasteiger partial charge in [-0.1, -0.05) is 6.07 Å². The quantitative estimate of drug-likeness (QED) is 0.655. The van der Waals surface area contributed by atoms with Crippen molar-refractivity contribution in [3.05, 3.63) is 35.5 Å². The van der Waals surface area contributed by atoms with Crippen LogP contribution in [0, 0.1) is 0 Å². The van der Waals surface area contributed by atoms with Gasteiger partial charge in [-0.2, -0.15) is 0 Å². The van der Waals surface area contributed by atoms with Crippen LogP contribution in [0.3, 0.4) is 0 Å². The highest BCUT2D eigenvalue weighted by Gasteiger charge is 2.21. The smallest absolute Gasteiger partial charge is 0.0436 e. The lowest BCUT2D eigenvalue weighted by Crippen LogP contribution is -2.37. The van der Waals surface area contributed by atoms with Crippen molar-refractivity contribution < 1.29 is 0 Å². The molecule has 0 atom stereocenters. The first kappa shape index (κ1) is 10.1. The second-order valence-corrected chi connectivity index (χ2v) is 5.07. The van der Waals surface area contributed by atoms with Gasteiger partial charge in [0, 0.05) is 24.0 Å². The van der Waals surface area contributed by atoms with E-state index in [9.17, 15) is 0 Å². The van der Waals surface area contributed by atoms with Crippen molar-refractivity contribution in [3.8, 4) is 0 Å². The van der Waals surface area contributed by atoms with E-state index in [1.807, 2.05) is 6.07 Å². The summed E-state index contributed by atoms with van der Waals surface area (Å²) in [6.07, 6.45) is 4.32. The van der Waals surface area contributed by atoms with Crippen LogP contribution >= 0.6 is 0 Å². The predicted molar refractivity (Wildman–Crippen MR) is 65.2 cm³/mol. The Balaban J connectivity index is 2.33. The molecule has 0 spiro atoms. The van der Waals surface area contributed by atoms with Crippen LogP contribution in [0.15, 0.2) is 24.4 Å². The number of nitrogens with two attached hydrogens (primary N) is 1. The minimum absolute atomic E-state index is 0.165. The maximum absolute atomic E-state index is 5.79. The summed E-state index contributed by atoms with van der Waals surface area (Å²) in [6, 6.07) is 6.11. The summed E-state index contributed by atoms with van der Waals surface area (Å²) in [5.41, 5.74) is 9.40. The molecular formula is C13H18N2. The molecule has 1 aromatic carbocycles. The van der Waals surface area contributed by atoms with Gasteiger partial charge in [0.15, 0.2) is 0 Å². The van der Waals surface area contributed by atoms with Crippen LogP contribution < -0.4 is 5.73 Å². The number of hydrogen-bond donors (Lipinski definition) is 1. The Morgan fingerprint density at radius 3 is 2.67 bits per heavy atom. The van der Waals surface area contributed by atoms with Crippen LogP contribution in [0.2, 0.25) is 0 Å². The Kier molecular flexibility index (Phi) is 2.22. The molecule has 1 heterocycles. The monoisotopic (exact) mass is 202 g/mol. The first-order valence-electron chi connectivity index (χ1n) is 5.30. The van der Waals surface area contributed by atoms with Crippen molar-refractivity contribution in [1.82, 2.24) is 4.90 Å². The van der Waals surface area contributed by atoms with Gasteiger partial charge >= 0.3 is 0 Å². The Morgan fingerprint density at radius 1 is 1.27 bits per heavy atom. The molecule has 0 saturated carbocycles. The molecule has 0 aromatic heterocycles. The zero-order valence-corrected chi connectivity index (χ0v) is 9.62. The molecule has 2 N–H and O–H groups in total. The van der Waals surface area contributed by atoms with Crippen molar-refractivity contribution in [2.75, 3.05) is 5.73 Å². The minimum Gasteiger partial charge on any atom is -0.399 e. The second-order valence-electron chi connectivity index (χ2n) is 5.07. The number of nitrogens with zero attached hydrogens (tertiary/aromatic N) is 1. The third-order valence-electron chi connectivity index (χ3n) is 2.80. The molecule has 0 unspecified atom stereocenters. The molecule has 2 heteroatoms. The summed E-state index contributed by atoms with van der Waals surface area (Å²) in [4.78, 5) is 2.33. The molecule has 80 valence electrons. The minimum atomic E-state index is 0.165. The number of rotatable bonds is 0. The number of benzene rings is 1. The average molecular weight is 202 g/mol. The van der Waals surface area contributed by atoms with E-state index in [0.29, 0.717) is 0 Å². The van der Waals surface area contributed by atoms with E-state index in [-0.39, 0.29) is 5.54 Å². The van der Waals surface area contributed by atoms with Gasteiger partial charge in [0.2, 0.25) is 0 Å². The fraction of sp³-hybridized carbons (Fsp3) is 0.385. The highest BCUT2D eigenvalue weighted by Crippen LogP contribution is 2.26. The highest BCUT2D eigenvalue weighted by molar-refractivity contribution is 5.60. The van der Waals surface area contributed by atoms with E-state index in [1.54, 1.807) is 0 Å². The predicted octanol–water partition coefficient (Wildman–Crippen LogP) is 2.85. The maximum atomic E-state index is 5.79. The number of nitrogen functional groups attached to an aromatic ring is 1. The van der Waals surface area contributed by atoms with Gasteiger partial charge < -0.3 is 10.6 Å². The van der Waals surface area contributed by atoms with Gasteiger partial charge in [-0.15, -0.1) is 0 Å². The number of fused-ring (bicyclic) bond motifs is 1. The van der Waals surface area contributed by atoms with Crippen LogP contribution in [0.4, 0.5) is 5.69 Å². The van der Waals surface area contributed by atoms with Crippen LogP contribution in [0.5, 0.6) is 0 Å². The SMILES string of the molecule is CC(C)(C)N1C=Cc2ccc(N)cc2C1. The Hall–Kier alpha value is -1.44. The zero-order chi connectivity index (χ0) is 11.1. The third-order valence-corrected chi connectivity index (χ3v) is 2.80. The van der Waals surface area contributed by atoms with Gasteiger partial charge in [0.25, 0.3) is 0 Å². The summed E-state index contributed by atoms with van der Waals surface area (Å²) in [5.74, 6) is 0. The van der Waals surface area contributed by atoms with E-state index in [0.717, 1.165) is 12.2 Å². The lowest BCUT2D eigenvalue weighted by atomic mass is 9.99. The van der Waals surface area contributed by atoms with Crippen LogP contribution in [-0.2, 0) is 6.54 Å². The van der Waals surface area contributed by atoms with Gasteiger partial charge in [0.05, 0.1) is 0 Å². The largest absolute Gasteiger partial charge is 0.399 e. The summed E-state index contributed by atoms with van der Waals surface area (Å²) in [5, 5.41) is 0. The van der Waals surface area contributed by atoms with Gasteiger partial charge in [-0.05, 0) is 50.1 Å². The standard InChI is InChI=1S/C13H18N2/c1-13(2,3)15-7-6-10-4-5-12(14)8-11(10)9-15/h4-8H,9,14H2,1-3H3. The van der Waals surface area contributed by atoms with E-state index in [2.05, 4.69) is 50.1 Å². The Morgan fingerprint density at radius 2 is 2.00 bits per heavy atom. The molecule has 2 nitrogen and oxygen atoms in total. The van der Waals surface area contributed by atoms with Crippen molar-refractivity contribution in [3.63, 3.8) is 0 Å². The van der Waals surface area contributed by atoms with Crippen LogP contribution in [0.25, 0.3) is 6.08 Å². The third kappa shape index (κ3) is 1.99. The van der Waals surface area contributed by atoms with Crippen molar-refractivity contribution in [2.24, 2.45) is 0 Å². The van der Waals surface area contributed by atoms with E-state index in [4.69, 9.17) is 5.73 Å². The summed E-state index contributed by atoms with van der Waals surface area (Å²) in [6.45, 7) is 7.60. The normalized spacial score (nSPS) is 15.3. The average Bonchev–Trinajstić information content (AvgIpc) is 2.15.